The second-order valence-electron chi connectivity index (χ2n) is 3.85. The molecule has 0 saturated heterocycles. The number of rotatable bonds is 4. The summed E-state index contributed by atoms with van der Waals surface area (Å²) in [6.07, 6.45) is 0. The summed E-state index contributed by atoms with van der Waals surface area (Å²) in [5.41, 5.74) is 2.58. The zero-order chi connectivity index (χ0) is 10.6. The summed E-state index contributed by atoms with van der Waals surface area (Å²) in [6, 6.07) is 9.15. The molecule has 78 valence electrons. The van der Waals surface area contributed by atoms with Crippen LogP contribution in [0.1, 0.15) is 12.5 Å². The Kier molecular flexibility index (Phi) is 3.96. The summed E-state index contributed by atoms with van der Waals surface area (Å²) >= 11 is 0. The molecule has 0 radical (unpaired) electrons. The highest BCUT2D eigenvalue weighted by molar-refractivity contribution is 5.47. The van der Waals surface area contributed by atoms with Crippen LogP contribution in [0, 0.1) is 6.92 Å². The zero-order valence-corrected chi connectivity index (χ0v) is 9.54. The molecule has 0 bridgehead atoms. The van der Waals surface area contributed by atoms with E-state index in [0.717, 1.165) is 6.54 Å². The fourth-order valence-electron chi connectivity index (χ4n) is 1.47. The quantitative estimate of drug-likeness (QED) is 0.785. The minimum absolute atomic E-state index is 0.516. The van der Waals surface area contributed by atoms with E-state index in [1.165, 1.54) is 11.3 Å². The van der Waals surface area contributed by atoms with Crippen LogP contribution in [0.25, 0.3) is 0 Å². The van der Waals surface area contributed by atoms with E-state index in [9.17, 15) is 0 Å². The molecule has 2 nitrogen and oxygen atoms in total. The highest BCUT2D eigenvalue weighted by Crippen LogP contribution is 2.15. The Balaban J connectivity index is 2.68. The number of hydrogen-bond acceptors (Lipinski definition) is 2. The van der Waals surface area contributed by atoms with E-state index in [4.69, 9.17) is 0 Å². The van der Waals surface area contributed by atoms with Crippen LogP contribution in [0.15, 0.2) is 24.3 Å². The Morgan fingerprint density at radius 2 is 1.86 bits per heavy atom. The molecule has 0 aliphatic heterocycles. The standard InChI is InChI=1S/C12H20N2/c1-10-5-7-12(8-6-10)14(4)11(2)9-13-3/h5-8,11,13H,9H2,1-4H3. The van der Waals surface area contributed by atoms with Gasteiger partial charge in [-0.05, 0) is 33.0 Å². The maximum atomic E-state index is 3.19. The van der Waals surface area contributed by atoms with Crippen LogP contribution in [0.4, 0.5) is 5.69 Å². The van der Waals surface area contributed by atoms with Gasteiger partial charge >= 0.3 is 0 Å². The molecule has 1 aromatic carbocycles. The number of aryl methyl sites for hydroxylation is 1. The lowest BCUT2D eigenvalue weighted by Crippen LogP contribution is -2.36. The van der Waals surface area contributed by atoms with Crippen LogP contribution in [0.3, 0.4) is 0 Å². The van der Waals surface area contributed by atoms with Crippen LogP contribution in [-0.2, 0) is 0 Å². The predicted molar refractivity (Wildman–Crippen MR) is 63.0 cm³/mol. The number of nitrogens with zero attached hydrogens (tertiary/aromatic N) is 1. The lowest BCUT2D eigenvalue weighted by atomic mass is 10.2. The van der Waals surface area contributed by atoms with Crippen molar-refractivity contribution in [3.8, 4) is 0 Å². The second-order valence-corrected chi connectivity index (χ2v) is 3.85. The van der Waals surface area contributed by atoms with Gasteiger partial charge in [-0.25, -0.2) is 0 Å². The van der Waals surface area contributed by atoms with Gasteiger partial charge in [-0.15, -0.1) is 0 Å². The van der Waals surface area contributed by atoms with Gasteiger partial charge in [0.15, 0.2) is 0 Å². The highest BCUT2D eigenvalue weighted by atomic mass is 15.1. The molecule has 1 unspecified atom stereocenters. The van der Waals surface area contributed by atoms with Crippen LogP contribution >= 0.6 is 0 Å². The molecule has 0 heterocycles. The first-order valence-corrected chi connectivity index (χ1v) is 5.09. The van der Waals surface area contributed by atoms with E-state index >= 15 is 0 Å². The van der Waals surface area contributed by atoms with Gasteiger partial charge in [0.2, 0.25) is 0 Å². The highest BCUT2D eigenvalue weighted by Gasteiger charge is 2.07. The lowest BCUT2D eigenvalue weighted by Gasteiger charge is -2.26. The van der Waals surface area contributed by atoms with E-state index in [0.29, 0.717) is 6.04 Å². The minimum Gasteiger partial charge on any atom is -0.371 e. The summed E-state index contributed by atoms with van der Waals surface area (Å²) < 4.78 is 0. The third kappa shape index (κ3) is 2.74. The largest absolute Gasteiger partial charge is 0.371 e. The van der Waals surface area contributed by atoms with Gasteiger partial charge in [0, 0.05) is 25.3 Å². The van der Waals surface area contributed by atoms with E-state index in [-0.39, 0.29) is 0 Å². The van der Waals surface area contributed by atoms with Gasteiger partial charge in [0.25, 0.3) is 0 Å². The molecule has 1 atom stereocenters. The number of likely N-dealkylation sites (N-methyl/N-ethyl adjacent to an activating group) is 2. The first-order valence-electron chi connectivity index (χ1n) is 5.09. The predicted octanol–water partition coefficient (Wildman–Crippen LogP) is 2.04. The van der Waals surface area contributed by atoms with E-state index in [1.54, 1.807) is 0 Å². The number of benzene rings is 1. The molecule has 0 aromatic heterocycles. The van der Waals surface area contributed by atoms with Crippen molar-refractivity contribution in [2.45, 2.75) is 19.9 Å². The molecule has 1 aromatic rings. The Hall–Kier alpha value is -1.02. The smallest absolute Gasteiger partial charge is 0.0382 e. The van der Waals surface area contributed by atoms with Gasteiger partial charge in [0.1, 0.15) is 0 Å². The fraction of sp³-hybridized carbons (Fsp3) is 0.500. The van der Waals surface area contributed by atoms with Gasteiger partial charge < -0.3 is 10.2 Å². The van der Waals surface area contributed by atoms with Crippen LogP contribution < -0.4 is 10.2 Å². The first kappa shape index (κ1) is 11.1. The maximum absolute atomic E-state index is 3.19. The fourth-order valence-corrected chi connectivity index (χ4v) is 1.47. The van der Waals surface area contributed by atoms with Crippen molar-refractivity contribution in [1.29, 1.82) is 0 Å². The number of anilines is 1. The Bertz CT molecular complexity index is 266. The Labute approximate surface area is 86.9 Å². The molecule has 0 spiro atoms. The normalized spacial score (nSPS) is 12.6. The van der Waals surface area contributed by atoms with Crippen molar-refractivity contribution in [2.75, 3.05) is 25.5 Å². The molecule has 1 N–H and O–H groups in total. The Morgan fingerprint density at radius 1 is 1.29 bits per heavy atom. The summed E-state index contributed by atoms with van der Waals surface area (Å²) in [4.78, 5) is 2.29. The molecule has 0 aliphatic rings. The molecule has 2 heteroatoms. The average Bonchev–Trinajstić information content (AvgIpc) is 2.18. The minimum atomic E-state index is 0.516. The van der Waals surface area contributed by atoms with Gasteiger partial charge in [0.05, 0.1) is 0 Å². The van der Waals surface area contributed by atoms with Crippen molar-refractivity contribution in [2.24, 2.45) is 0 Å². The van der Waals surface area contributed by atoms with Crippen molar-refractivity contribution >= 4 is 5.69 Å². The van der Waals surface area contributed by atoms with Crippen LogP contribution in [0.5, 0.6) is 0 Å². The zero-order valence-electron chi connectivity index (χ0n) is 9.54. The van der Waals surface area contributed by atoms with Crippen molar-refractivity contribution in [3.05, 3.63) is 29.8 Å². The van der Waals surface area contributed by atoms with Crippen molar-refractivity contribution in [3.63, 3.8) is 0 Å². The summed E-state index contributed by atoms with van der Waals surface area (Å²) in [6.45, 7) is 5.33. The van der Waals surface area contributed by atoms with Crippen molar-refractivity contribution < 1.29 is 0 Å². The topological polar surface area (TPSA) is 15.3 Å². The van der Waals surface area contributed by atoms with E-state index in [1.807, 2.05) is 7.05 Å². The molecule has 0 amide bonds. The molecule has 0 fully saturated rings. The van der Waals surface area contributed by atoms with Crippen LogP contribution in [0.2, 0.25) is 0 Å². The molecule has 14 heavy (non-hydrogen) atoms. The van der Waals surface area contributed by atoms with Gasteiger partial charge in [-0.2, -0.15) is 0 Å². The monoisotopic (exact) mass is 192 g/mol. The lowest BCUT2D eigenvalue weighted by molar-refractivity contribution is 0.630. The molecule has 0 aliphatic carbocycles. The van der Waals surface area contributed by atoms with Crippen molar-refractivity contribution in [1.82, 2.24) is 5.32 Å². The average molecular weight is 192 g/mol. The van der Waals surface area contributed by atoms with E-state index in [2.05, 4.69) is 55.4 Å². The third-order valence-electron chi connectivity index (χ3n) is 2.60. The molecular weight excluding hydrogens is 172 g/mol. The molecular formula is C12H20N2. The summed E-state index contributed by atoms with van der Waals surface area (Å²) in [7, 11) is 4.12. The van der Waals surface area contributed by atoms with Crippen LogP contribution in [-0.4, -0.2) is 26.7 Å². The Morgan fingerprint density at radius 3 is 2.36 bits per heavy atom. The maximum Gasteiger partial charge on any atom is 0.0382 e. The first-order chi connectivity index (χ1) is 6.65. The van der Waals surface area contributed by atoms with Gasteiger partial charge in [-0.1, -0.05) is 17.7 Å². The van der Waals surface area contributed by atoms with Gasteiger partial charge in [-0.3, -0.25) is 0 Å². The van der Waals surface area contributed by atoms with E-state index < -0.39 is 0 Å². The summed E-state index contributed by atoms with van der Waals surface area (Å²) in [5, 5.41) is 3.19. The molecule has 0 saturated carbocycles. The number of nitrogens with one attached hydrogen (secondary N) is 1. The second kappa shape index (κ2) is 5.01. The number of hydrogen-bond donors (Lipinski definition) is 1. The molecule has 1 rings (SSSR count). The SMILES string of the molecule is CNCC(C)N(C)c1ccc(C)cc1. The summed E-state index contributed by atoms with van der Waals surface area (Å²) in [5.74, 6) is 0. The third-order valence-corrected chi connectivity index (χ3v) is 2.60.